The van der Waals surface area contributed by atoms with Gasteiger partial charge in [-0.25, -0.2) is 0 Å². The van der Waals surface area contributed by atoms with Crippen molar-refractivity contribution < 1.29 is 8.78 Å². The SMILES string of the molecule is CC(C)(N)[C](F)F. The summed E-state index contributed by atoms with van der Waals surface area (Å²) >= 11 is 0. The maximum atomic E-state index is 11.3. The summed E-state index contributed by atoms with van der Waals surface area (Å²) in [6.07, 6.45) is -1.73. The van der Waals surface area contributed by atoms with E-state index in [0.29, 0.717) is 0 Å². The Balaban J connectivity index is 3.54. The van der Waals surface area contributed by atoms with Crippen LogP contribution in [0.4, 0.5) is 8.78 Å². The van der Waals surface area contributed by atoms with E-state index in [2.05, 4.69) is 0 Å². The van der Waals surface area contributed by atoms with Crippen molar-refractivity contribution in [2.45, 2.75) is 19.4 Å². The van der Waals surface area contributed by atoms with E-state index >= 15 is 0 Å². The molecule has 0 atom stereocenters. The second-order valence-corrected chi connectivity index (χ2v) is 1.98. The van der Waals surface area contributed by atoms with Gasteiger partial charge in [-0.3, -0.25) is 0 Å². The zero-order chi connectivity index (χ0) is 6.08. The number of hydrogen-bond acceptors (Lipinski definition) is 1. The van der Waals surface area contributed by atoms with Crippen LogP contribution in [-0.4, -0.2) is 5.54 Å². The normalized spacial score (nSPS) is 12.9. The zero-order valence-corrected chi connectivity index (χ0v) is 4.33. The van der Waals surface area contributed by atoms with Gasteiger partial charge in [-0.1, -0.05) is 0 Å². The summed E-state index contributed by atoms with van der Waals surface area (Å²) in [6.45, 7) is 2.50. The van der Waals surface area contributed by atoms with E-state index in [1.165, 1.54) is 13.8 Å². The number of rotatable bonds is 1. The minimum Gasteiger partial charge on any atom is -0.320 e. The molecule has 0 aliphatic carbocycles. The molecule has 0 spiro atoms. The Hall–Kier alpha value is -0.180. The molecule has 0 aliphatic heterocycles. The summed E-state index contributed by atoms with van der Waals surface area (Å²) in [7, 11) is 0. The van der Waals surface area contributed by atoms with Gasteiger partial charge < -0.3 is 5.73 Å². The van der Waals surface area contributed by atoms with Crippen molar-refractivity contribution in [2.24, 2.45) is 5.73 Å². The molecule has 1 radical (unpaired) electrons. The smallest absolute Gasteiger partial charge is 0.320 e. The Labute approximate surface area is 41.5 Å². The van der Waals surface area contributed by atoms with E-state index in [1.54, 1.807) is 0 Å². The summed E-state index contributed by atoms with van der Waals surface area (Å²) in [5.74, 6) is 0. The second-order valence-electron chi connectivity index (χ2n) is 1.98. The van der Waals surface area contributed by atoms with Crippen LogP contribution in [0.2, 0.25) is 0 Å². The van der Waals surface area contributed by atoms with Gasteiger partial charge in [0.2, 0.25) is 0 Å². The van der Waals surface area contributed by atoms with Gasteiger partial charge in [0.15, 0.2) is 0 Å². The number of hydrogen-bond donors (Lipinski definition) is 1. The summed E-state index contributed by atoms with van der Waals surface area (Å²) < 4.78 is 22.7. The van der Waals surface area contributed by atoms with Gasteiger partial charge in [0.1, 0.15) is 0 Å². The van der Waals surface area contributed by atoms with Crippen molar-refractivity contribution in [2.75, 3.05) is 0 Å². The van der Waals surface area contributed by atoms with Gasteiger partial charge in [-0.15, -0.1) is 0 Å². The predicted octanol–water partition coefficient (Wildman–Crippen LogP) is 1.15. The molecular weight excluding hydrogens is 100 g/mol. The largest absolute Gasteiger partial charge is 0.328 e. The zero-order valence-electron chi connectivity index (χ0n) is 4.33. The van der Waals surface area contributed by atoms with E-state index in [4.69, 9.17) is 5.73 Å². The fraction of sp³-hybridized carbons (Fsp3) is 0.750. The first kappa shape index (κ1) is 6.82. The van der Waals surface area contributed by atoms with Gasteiger partial charge in [-0.05, 0) is 13.8 Å². The highest BCUT2D eigenvalue weighted by Gasteiger charge is 2.25. The van der Waals surface area contributed by atoms with Crippen LogP contribution in [0.3, 0.4) is 0 Å². The summed E-state index contributed by atoms with van der Waals surface area (Å²) in [6, 6.07) is 0. The highest BCUT2D eigenvalue weighted by molar-refractivity contribution is 4.87. The van der Waals surface area contributed by atoms with E-state index < -0.39 is 12.0 Å². The molecule has 0 unspecified atom stereocenters. The Bertz CT molecular complexity index is 55.2. The first-order valence-electron chi connectivity index (χ1n) is 1.92. The third-order valence-electron chi connectivity index (χ3n) is 0.487. The monoisotopic (exact) mass is 108 g/mol. The van der Waals surface area contributed by atoms with Crippen molar-refractivity contribution >= 4 is 0 Å². The molecule has 0 rings (SSSR count). The molecule has 0 aromatic rings. The molecule has 0 heterocycles. The van der Waals surface area contributed by atoms with Crippen LogP contribution < -0.4 is 5.73 Å². The first-order chi connectivity index (χ1) is 2.94. The lowest BCUT2D eigenvalue weighted by Gasteiger charge is -2.13. The fourth-order valence-electron chi connectivity index (χ4n) is 0. The third kappa shape index (κ3) is 2.51. The van der Waals surface area contributed by atoms with Crippen LogP contribution >= 0.6 is 0 Å². The maximum Gasteiger partial charge on any atom is 0.328 e. The standard InChI is InChI=1S/C4H8F2N/c1-4(2,7)3(5)6/h7H2,1-2H3. The third-order valence-corrected chi connectivity index (χ3v) is 0.487. The van der Waals surface area contributed by atoms with Gasteiger partial charge >= 0.3 is 6.43 Å². The summed E-state index contributed by atoms with van der Waals surface area (Å²) in [5.41, 5.74) is 3.47. The van der Waals surface area contributed by atoms with Gasteiger partial charge in [0, 0.05) is 0 Å². The van der Waals surface area contributed by atoms with E-state index in [0.717, 1.165) is 0 Å². The molecule has 1 nitrogen and oxygen atoms in total. The second kappa shape index (κ2) is 1.74. The minimum absolute atomic E-state index is 1.25. The molecule has 3 heteroatoms. The number of nitrogens with two attached hydrogens (primary N) is 1. The highest BCUT2D eigenvalue weighted by Crippen LogP contribution is 2.17. The fourth-order valence-corrected chi connectivity index (χ4v) is 0. The topological polar surface area (TPSA) is 26.0 Å². The molecule has 43 valence electrons. The molecule has 0 fully saturated rings. The Morgan fingerprint density at radius 2 is 1.57 bits per heavy atom. The number of halogens is 2. The summed E-state index contributed by atoms with van der Waals surface area (Å²) in [5, 5.41) is 0. The van der Waals surface area contributed by atoms with Crippen LogP contribution in [0.1, 0.15) is 13.8 Å². The van der Waals surface area contributed by atoms with Crippen LogP contribution in [0.5, 0.6) is 0 Å². The van der Waals surface area contributed by atoms with Crippen LogP contribution in [0, 0.1) is 6.43 Å². The predicted molar refractivity (Wildman–Crippen MR) is 23.7 cm³/mol. The average molecular weight is 108 g/mol. The van der Waals surface area contributed by atoms with Crippen molar-refractivity contribution in [3.05, 3.63) is 6.43 Å². The molecule has 0 bridgehead atoms. The van der Waals surface area contributed by atoms with E-state index in [-0.39, 0.29) is 0 Å². The lowest BCUT2D eigenvalue weighted by atomic mass is 10.1. The molecule has 0 aromatic heterocycles. The molecule has 7 heavy (non-hydrogen) atoms. The highest BCUT2D eigenvalue weighted by atomic mass is 19.3. The van der Waals surface area contributed by atoms with Gasteiger partial charge in [0.05, 0.1) is 5.54 Å². The van der Waals surface area contributed by atoms with Crippen LogP contribution in [-0.2, 0) is 0 Å². The molecular formula is C4H8F2N. The Kier molecular flexibility index (Phi) is 1.69. The lowest BCUT2D eigenvalue weighted by molar-refractivity contribution is 0.199. The first-order valence-corrected chi connectivity index (χ1v) is 1.92. The van der Waals surface area contributed by atoms with Gasteiger partial charge in [0.25, 0.3) is 0 Å². The average Bonchev–Trinajstić information content (AvgIpc) is 1.31. The van der Waals surface area contributed by atoms with E-state index in [9.17, 15) is 8.78 Å². The molecule has 0 aromatic carbocycles. The Morgan fingerprint density at radius 1 is 1.43 bits per heavy atom. The molecule has 2 N–H and O–H groups in total. The maximum absolute atomic E-state index is 11.3. The molecule has 0 aliphatic rings. The van der Waals surface area contributed by atoms with Crippen molar-refractivity contribution in [3.63, 3.8) is 0 Å². The summed E-state index contributed by atoms with van der Waals surface area (Å²) in [4.78, 5) is 0. The van der Waals surface area contributed by atoms with Crippen LogP contribution in [0.25, 0.3) is 0 Å². The van der Waals surface area contributed by atoms with Crippen molar-refractivity contribution in [3.8, 4) is 0 Å². The minimum atomic E-state index is -1.73. The molecule has 0 saturated carbocycles. The van der Waals surface area contributed by atoms with E-state index in [1.807, 2.05) is 0 Å². The molecule has 0 amide bonds. The van der Waals surface area contributed by atoms with Gasteiger partial charge in [-0.2, -0.15) is 8.78 Å². The van der Waals surface area contributed by atoms with Crippen molar-refractivity contribution in [1.82, 2.24) is 0 Å². The lowest BCUT2D eigenvalue weighted by Crippen LogP contribution is -2.35. The van der Waals surface area contributed by atoms with Crippen molar-refractivity contribution in [1.29, 1.82) is 0 Å². The molecule has 0 saturated heterocycles. The van der Waals surface area contributed by atoms with Crippen LogP contribution in [0.15, 0.2) is 0 Å². The Morgan fingerprint density at radius 3 is 1.57 bits per heavy atom. The quantitative estimate of drug-likeness (QED) is 0.535.